The van der Waals surface area contributed by atoms with E-state index >= 15 is 0 Å². The minimum absolute atomic E-state index is 0.163. The van der Waals surface area contributed by atoms with Gasteiger partial charge < -0.3 is 9.84 Å². The normalized spacial score (nSPS) is 22.6. The Hall–Kier alpha value is -0.960. The van der Waals surface area contributed by atoms with Crippen molar-refractivity contribution >= 4 is 27.3 Å². The van der Waals surface area contributed by atoms with E-state index in [0.29, 0.717) is 19.4 Å². The molecule has 1 aromatic rings. The largest absolute Gasteiger partial charge is 0.477 e. The summed E-state index contributed by atoms with van der Waals surface area (Å²) in [6, 6.07) is 1.08. The third-order valence-electron chi connectivity index (χ3n) is 3.13. The van der Waals surface area contributed by atoms with E-state index in [1.165, 1.54) is 11.4 Å². The number of thiophene rings is 1. The molecule has 20 heavy (non-hydrogen) atoms. The number of rotatable bonds is 4. The second-order valence-corrected chi connectivity index (χ2v) is 7.94. The third kappa shape index (κ3) is 3.38. The lowest BCUT2D eigenvalue weighted by molar-refractivity contribution is -0.0599. The summed E-state index contributed by atoms with van der Waals surface area (Å²) in [6.45, 7) is 4.29. The molecule has 2 rings (SSSR count). The van der Waals surface area contributed by atoms with Crippen LogP contribution in [-0.4, -0.2) is 37.7 Å². The number of nitrogens with one attached hydrogen (secondary N) is 1. The number of sulfonamides is 1. The topological polar surface area (TPSA) is 92.7 Å². The van der Waals surface area contributed by atoms with Gasteiger partial charge in [0, 0.05) is 12.6 Å². The van der Waals surface area contributed by atoms with Crippen molar-refractivity contribution in [3.05, 3.63) is 16.3 Å². The summed E-state index contributed by atoms with van der Waals surface area (Å²) < 4.78 is 32.7. The molecule has 0 radical (unpaired) electrons. The molecule has 0 spiro atoms. The summed E-state index contributed by atoms with van der Waals surface area (Å²) in [5, 5.41) is 10.5. The Labute approximate surface area is 121 Å². The van der Waals surface area contributed by atoms with Crippen LogP contribution in [0.15, 0.2) is 16.3 Å². The monoisotopic (exact) mass is 319 g/mol. The maximum Gasteiger partial charge on any atom is 0.347 e. The summed E-state index contributed by atoms with van der Waals surface area (Å²) in [4.78, 5) is 10.7. The Balaban J connectivity index is 2.19. The number of carboxylic acid groups (broad SMARTS) is 1. The van der Waals surface area contributed by atoms with Crippen molar-refractivity contribution in [3.63, 3.8) is 0 Å². The fourth-order valence-electron chi connectivity index (χ4n) is 2.28. The van der Waals surface area contributed by atoms with Gasteiger partial charge in [-0.05, 0) is 38.1 Å². The molecular formula is C12H17NO5S2. The van der Waals surface area contributed by atoms with Gasteiger partial charge in [0.25, 0.3) is 0 Å². The quantitative estimate of drug-likeness (QED) is 0.881. The van der Waals surface area contributed by atoms with Gasteiger partial charge in [-0.3, -0.25) is 0 Å². The summed E-state index contributed by atoms with van der Waals surface area (Å²) >= 11 is 0.903. The second kappa shape index (κ2) is 5.44. The smallest absolute Gasteiger partial charge is 0.347 e. The lowest BCUT2D eigenvalue weighted by Crippen LogP contribution is -2.45. The number of carboxylic acids is 1. The molecule has 1 atom stereocenters. The average molecular weight is 319 g/mol. The van der Waals surface area contributed by atoms with Gasteiger partial charge in [-0.15, -0.1) is 11.3 Å². The molecular weight excluding hydrogens is 302 g/mol. The van der Waals surface area contributed by atoms with Gasteiger partial charge in [0.1, 0.15) is 9.77 Å². The van der Waals surface area contributed by atoms with Crippen LogP contribution in [0.5, 0.6) is 0 Å². The standard InChI is InChI=1S/C12H17NO5S2/c1-12(2)7-8(3-5-18-12)13-20(16,17)9-4-6-19-10(9)11(14)15/h4,6,8,13H,3,5,7H2,1-2H3,(H,14,15). The van der Waals surface area contributed by atoms with Gasteiger partial charge in [0.2, 0.25) is 10.0 Å². The van der Waals surface area contributed by atoms with Gasteiger partial charge in [-0.25, -0.2) is 17.9 Å². The summed E-state index contributed by atoms with van der Waals surface area (Å²) in [5.74, 6) is -1.23. The molecule has 6 nitrogen and oxygen atoms in total. The summed E-state index contributed by atoms with van der Waals surface area (Å²) in [5.41, 5.74) is -0.379. The molecule has 0 aromatic carbocycles. The Morgan fingerprint density at radius 1 is 1.55 bits per heavy atom. The van der Waals surface area contributed by atoms with Crippen molar-refractivity contribution in [2.24, 2.45) is 0 Å². The molecule has 8 heteroatoms. The van der Waals surface area contributed by atoms with Crippen molar-refractivity contribution in [3.8, 4) is 0 Å². The maximum absolute atomic E-state index is 12.3. The molecule has 0 saturated carbocycles. The van der Waals surface area contributed by atoms with Gasteiger partial charge >= 0.3 is 5.97 Å². The Morgan fingerprint density at radius 2 is 2.25 bits per heavy atom. The van der Waals surface area contributed by atoms with Crippen molar-refractivity contribution < 1.29 is 23.1 Å². The molecule has 2 N–H and O–H groups in total. The molecule has 2 heterocycles. The van der Waals surface area contributed by atoms with Crippen LogP contribution >= 0.6 is 11.3 Å². The van der Waals surface area contributed by atoms with Crippen molar-refractivity contribution in [1.82, 2.24) is 4.72 Å². The van der Waals surface area contributed by atoms with Crippen LogP contribution in [0.4, 0.5) is 0 Å². The van der Waals surface area contributed by atoms with Gasteiger partial charge in [-0.1, -0.05) is 0 Å². The summed E-state index contributed by atoms with van der Waals surface area (Å²) in [6.07, 6.45) is 1.13. The van der Waals surface area contributed by atoms with E-state index in [4.69, 9.17) is 9.84 Å². The van der Waals surface area contributed by atoms with Crippen molar-refractivity contribution in [2.45, 2.75) is 43.2 Å². The number of hydrogen-bond acceptors (Lipinski definition) is 5. The predicted molar refractivity (Wildman–Crippen MR) is 74.7 cm³/mol. The zero-order chi connectivity index (χ0) is 15.0. The van der Waals surface area contributed by atoms with Crippen molar-refractivity contribution in [1.29, 1.82) is 0 Å². The van der Waals surface area contributed by atoms with Crippen LogP contribution in [0.3, 0.4) is 0 Å². The molecule has 1 aromatic heterocycles. The van der Waals surface area contributed by atoms with Crippen LogP contribution in [0.2, 0.25) is 0 Å². The zero-order valence-electron chi connectivity index (χ0n) is 11.3. The highest BCUT2D eigenvalue weighted by Gasteiger charge is 2.33. The fraction of sp³-hybridized carbons (Fsp3) is 0.583. The molecule has 0 bridgehead atoms. The molecule has 0 amide bonds. The molecule has 1 aliphatic heterocycles. The first-order chi connectivity index (χ1) is 9.21. The van der Waals surface area contributed by atoms with Crippen molar-refractivity contribution in [2.75, 3.05) is 6.61 Å². The fourth-order valence-corrected chi connectivity index (χ4v) is 4.81. The predicted octanol–water partition coefficient (Wildman–Crippen LogP) is 1.68. The van der Waals surface area contributed by atoms with Gasteiger partial charge in [0.05, 0.1) is 5.60 Å². The maximum atomic E-state index is 12.3. The average Bonchev–Trinajstić information content (AvgIpc) is 2.76. The van der Waals surface area contributed by atoms with Crippen LogP contribution in [0.1, 0.15) is 36.4 Å². The van der Waals surface area contributed by atoms with E-state index in [0.717, 1.165) is 11.3 Å². The Bertz CT molecular complexity index is 605. The minimum atomic E-state index is -3.82. The second-order valence-electron chi connectivity index (χ2n) is 5.34. The zero-order valence-corrected chi connectivity index (χ0v) is 12.9. The first kappa shape index (κ1) is 15.4. The first-order valence-corrected chi connectivity index (χ1v) is 8.55. The molecule has 1 saturated heterocycles. The number of carbonyl (C=O) groups is 1. The Kier molecular flexibility index (Phi) is 4.19. The van der Waals surface area contributed by atoms with Crippen LogP contribution in [0.25, 0.3) is 0 Å². The highest BCUT2D eigenvalue weighted by molar-refractivity contribution is 7.89. The number of ether oxygens (including phenoxy) is 1. The van der Waals surface area contributed by atoms with E-state index in [-0.39, 0.29) is 21.4 Å². The van der Waals surface area contributed by atoms with Crippen LogP contribution in [-0.2, 0) is 14.8 Å². The molecule has 112 valence electrons. The van der Waals surface area contributed by atoms with Gasteiger partial charge in [0.15, 0.2) is 0 Å². The lowest BCUT2D eigenvalue weighted by Gasteiger charge is -2.35. The van der Waals surface area contributed by atoms with Crippen LogP contribution < -0.4 is 4.72 Å². The Morgan fingerprint density at radius 3 is 2.85 bits per heavy atom. The van der Waals surface area contributed by atoms with E-state index in [9.17, 15) is 13.2 Å². The summed E-state index contributed by atoms with van der Waals surface area (Å²) in [7, 11) is -3.82. The molecule has 0 aliphatic carbocycles. The lowest BCUT2D eigenvalue weighted by atomic mass is 9.95. The van der Waals surface area contributed by atoms with Gasteiger partial charge in [-0.2, -0.15) is 0 Å². The first-order valence-electron chi connectivity index (χ1n) is 6.18. The highest BCUT2D eigenvalue weighted by Crippen LogP contribution is 2.27. The minimum Gasteiger partial charge on any atom is -0.477 e. The molecule has 1 aliphatic rings. The highest BCUT2D eigenvalue weighted by atomic mass is 32.2. The number of aromatic carboxylic acids is 1. The van der Waals surface area contributed by atoms with E-state index in [2.05, 4.69) is 4.72 Å². The van der Waals surface area contributed by atoms with Crippen LogP contribution in [0, 0.1) is 0 Å². The van der Waals surface area contributed by atoms with E-state index in [1.807, 2.05) is 13.8 Å². The molecule has 1 unspecified atom stereocenters. The van der Waals surface area contributed by atoms with E-state index < -0.39 is 16.0 Å². The van der Waals surface area contributed by atoms with E-state index in [1.54, 1.807) is 0 Å². The molecule has 1 fully saturated rings. The SMILES string of the molecule is CC1(C)CC(NS(=O)(=O)c2ccsc2C(=O)O)CCO1. The third-order valence-corrected chi connectivity index (χ3v) is 5.73. The number of hydrogen-bond donors (Lipinski definition) is 2.